The van der Waals surface area contributed by atoms with E-state index in [1.54, 1.807) is 31.9 Å². The fraction of sp³-hybridized carbons (Fsp3) is 0.328. The van der Waals surface area contributed by atoms with Gasteiger partial charge in [0.2, 0.25) is 17.1 Å². The van der Waals surface area contributed by atoms with E-state index in [9.17, 15) is 24.6 Å². The van der Waals surface area contributed by atoms with Crippen LogP contribution >= 0.6 is 0 Å². The highest BCUT2D eigenvalue weighted by atomic mass is 16.5. The molecule has 9 aromatic rings. The number of hydrogen-bond acceptors (Lipinski definition) is 16. The number of aromatic hydroxyl groups is 1. The second-order valence-electron chi connectivity index (χ2n) is 21.7. The maximum atomic E-state index is 12.4. The number of fused-ring (bicyclic) bond motifs is 4. The normalized spacial score (nSPS) is 13.5. The lowest BCUT2D eigenvalue weighted by atomic mass is 9.92. The summed E-state index contributed by atoms with van der Waals surface area (Å²) < 4.78 is 36.1. The topological polar surface area (TPSA) is 270 Å². The SMILES string of the molecule is CCOC(=O)c1nnn(Cc2ccc(OC)cc2)c1Oc1ccc2c(c1)CCCC2.COc1ccc(Cn2nnc(C(=O)O)c2Oc2ccc3c(c2)CCCC3)cc1.O=C(O)c1[nH]nnc1Oc1ccc2c(c1)CCCC2.Oc1ccc2c(c1)CCCC2. The summed E-state index contributed by atoms with van der Waals surface area (Å²) >= 11 is 0. The molecule has 0 fully saturated rings. The first-order valence-electron chi connectivity index (χ1n) is 29.8. The monoisotopic (exact) mass is 1190 g/mol. The van der Waals surface area contributed by atoms with Crippen molar-refractivity contribution in [2.45, 2.75) is 123 Å². The maximum Gasteiger partial charge on any atom is 0.364 e. The first kappa shape index (κ1) is 61.1. The van der Waals surface area contributed by atoms with E-state index in [2.05, 4.69) is 48.2 Å². The molecule has 4 N–H and O–H groups in total. The van der Waals surface area contributed by atoms with Crippen molar-refractivity contribution in [1.82, 2.24) is 45.4 Å². The minimum absolute atomic E-state index is 0.0109. The molecule has 0 aliphatic heterocycles. The van der Waals surface area contributed by atoms with Crippen LogP contribution < -0.4 is 23.7 Å². The molecule has 21 heteroatoms. The number of carboxylic acid groups (broad SMARTS) is 2. The van der Waals surface area contributed by atoms with E-state index in [0.717, 1.165) is 74.0 Å². The molecule has 0 amide bonds. The second kappa shape index (κ2) is 29.4. The molecule has 0 spiro atoms. The Hall–Kier alpha value is -10.1. The number of benzene rings is 6. The maximum absolute atomic E-state index is 12.4. The summed E-state index contributed by atoms with van der Waals surface area (Å²) in [4.78, 5) is 34.9. The Morgan fingerprint density at radius 1 is 0.466 bits per heavy atom. The summed E-state index contributed by atoms with van der Waals surface area (Å²) in [5, 5.41) is 52.9. The van der Waals surface area contributed by atoms with Crippen LogP contribution in [-0.2, 0) is 69.2 Å². The second-order valence-corrected chi connectivity index (χ2v) is 21.7. The largest absolute Gasteiger partial charge is 0.508 e. The quantitative estimate of drug-likeness (QED) is 0.0655. The third-order valence-corrected chi connectivity index (χ3v) is 15.7. The zero-order valence-corrected chi connectivity index (χ0v) is 49.6. The number of carboxylic acids is 2. The van der Waals surface area contributed by atoms with Crippen molar-refractivity contribution in [3.05, 3.63) is 194 Å². The number of nitrogens with one attached hydrogen (secondary N) is 1. The van der Waals surface area contributed by atoms with Gasteiger partial charge in [0.15, 0.2) is 0 Å². The van der Waals surface area contributed by atoms with E-state index >= 15 is 0 Å². The van der Waals surface area contributed by atoms with Gasteiger partial charge in [0.05, 0.1) is 33.9 Å². The first-order chi connectivity index (χ1) is 42.9. The molecular formula is C67H71N9O12. The van der Waals surface area contributed by atoms with Crippen LogP contribution in [-0.4, -0.2) is 99.5 Å². The Morgan fingerprint density at radius 2 is 0.852 bits per heavy atom. The summed E-state index contributed by atoms with van der Waals surface area (Å²) in [5.74, 6) is 1.32. The van der Waals surface area contributed by atoms with Gasteiger partial charge in [-0.2, -0.15) is 0 Å². The van der Waals surface area contributed by atoms with Gasteiger partial charge in [0.25, 0.3) is 17.6 Å². The van der Waals surface area contributed by atoms with Gasteiger partial charge in [-0.3, -0.25) is 0 Å². The lowest BCUT2D eigenvalue weighted by molar-refractivity contribution is 0.0515. The molecule has 456 valence electrons. The summed E-state index contributed by atoms with van der Waals surface area (Å²) in [5.41, 5.74) is 12.3. The van der Waals surface area contributed by atoms with Crippen molar-refractivity contribution >= 4 is 17.9 Å². The average Bonchev–Trinajstić information content (AvgIpc) is 3.91. The van der Waals surface area contributed by atoms with Gasteiger partial charge in [0, 0.05) is 0 Å². The van der Waals surface area contributed by atoms with Gasteiger partial charge in [-0.05, 0) is 238 Å². The number of esters is 1. The highest BCUT2D eigenvalue weighted by Crippen LogP contribution is 2.34. The van der Waals surface area contributed by atoms with Crippen LogP contribution in [0.4, 0.5) is 0 Å². The molecular weight excluding hydrogens is 1120 g/mol. The molecule has 6 aromatic carbocycles. The van der Waals surface area contributed by atoms with Crippen molar-refractivity contribution in [3.8, 4) is 52.1 Å². The highest BCUT2D eigenvalue weighted by Gasteiger charge is 2.26. The average molecular weight is 1190 g/mol. The molecule has 3 aromatic heterocycles. The van der Waals surface area contributed by atoms with Crippen LogP contribution in [0.1, 0.15) is 145 Å². The van der Waals surface area contributed by atoms with Gasteiger partial charge in [-0.25, -0.2) is 28.8 Å². The van der Waals surface area contributed by atoms with E-state index < -0.39 is 17.9 Å². The van der Waals surface area contributed by atoms with Gasteiger partial charge in [0.1, 0.15) is 34.5 Å². The summed E-state index contributed by atoms with van der Waals surface area (Å²) in [6.45, 7) is 2.74. The molecule has 0 radical (unpaired) electrons. The fourth-order valence-corrected chi connectivity index (χ4v) is 11.1. The molecule has 13 rings (SSSR count). The summed E-state index contributed by atoms with van der Waals surface area (Å²) in [6.07, 6.45) is 18.4. The van der Waals surface area contributed by atoms with Crippen LogP contribution in [0.5, 0.6) is 52.1 Å². The van der Waals surface area contributed by atoms with Crippen LogP contribution in [0.3, 0.4) is 0 Å². The minimum Gasteiger partial charge on any atom is -0.508 e. The molecule has 4 aliphatic carbocycles. The Balaban J connectivity index is 0.000000136. The van der Waals surface area contributed by atoms with E-state index in [-0.39, 0.29) is 41.3 Å². The number of ether oxygens (including phenoxy) is 6. The van der Waals surface area contributed by atoms with Gasteiger partial charge >= 0.3 is 17.9 Å². The molecule has 0 saturated heterocycles. The number of aromatic nitrogens is 9. The third-order valence-electron chi connectivity index (χ3n) is 15.7. The number of methoxy groups -OCH3 is 2. The predicted molar refractivity (Wildman–Crippen MR) is 325 cm³/mol. The Morgan fingerprint density at radius 3 is 1.27 bits per heavy atom. The van der Waals surface area contributed by atoms with Crippen LogP contribution in [0.2, 0.25) is 0 Å². The predicted octanol–water partition coefficient (Wildman–Crippen LogP) is 12.3. The number of phenols is 1. The van der Waals surface area contributed by atoms with Crippen LogP contribution in [0.25, 0.3) is 0 Å². The highest BCUT2D eigenvalue weighted by molar-refractivity contribution is 5.90. The number of aromatic carboxylic acids is 2. The van der Waals surface area contributed by atoms with Crippen molar-refractivity contribution in [2.24, 2.45) is 0 Å². The molecule has 88 heavy (non-hydrogen) atoms. The molecule has 0 saturated carbocycles. The molecule has 4 aliphatic rings. The Kier molecular flexibility index (Phi) is 20.4. The number of aromatic amines is 1. The zero-order valence-electron chi connectivity index (χ0n) is 49.6. The molecule has 0 bridgehead atoms. The Bertz CT molecular complexity index is 3860. The molecule has 21 nitrogen and oxygen atoms in total. The third kappa shape index (κ3) is 15.7. The van der Waals surface area contributed by atoms with Crippen molar-refractivity contribution in [1.29, 1.82) is 0 Å². The number of phenolic OH excluding ortho intramolecular Hbond substituents is 1. The van der Waals surface area contributed by atoms with Crippen LogP contribution in [0, 0.1) is 0 Å². The Labute approximate surface area is 509 Å². The lowest BCUT2D eigenvalue weighted by Crippen LogP contribution is -2.09. The van der Waals surface area contributed by atoms with E-state index in [4.69, 9.17) is 33.5 Å². The molecule has 3 heterocycles. The summed E-state index contributed by atoms with van der Waals surface area (Å²) in [7, 11) is 3.23. The fourth-order valence-electron chi connectivity index (χ4n) is 11.1. The van der Waals surface area contributed by atoms with E-state index in [1.165, 1.54) is 101 Å². The van der Waals surface area contributed by atoms with Gasteiger partial charge in [-0.15, -0.1) is 10.2 Å². The number of rotatable bonds is 16. The van der Waals surface area contributed by atoms with Gasteiger partial charge in [-0.1, -0.05) is 69.3 Å². The molecule has 0 unspecified atom stereocenters. The number of H-pyrrole nitrogens is 1. The zero-order chi connectivity index (χ0) is 61.4. The van der Waals surface area contributed by atoms with Crippen molar-refractivity contribution in [2.75, 3.05) is 20.8 Å². The van der Waals surface area contributed by atoms with Gasteiger partial charge < -0.3 is 43.7 Å². The molecule has 0 atom stereocenters. The number of carbonyl (C=O) groups is 3. The number of carbonyl (C=O) groups excluding carboxylic acids is 1. The van der Waals surface area contributed by atoms with E-state index in [0.29, 0.717) is 36.1 Å². The first-order valence-corrected chi connectivity index (χ1v) is 29.8. The van der Waals surface area contributed by atoms with E-state index in [1.807, 2.05) is 103 Å². The minimum atomic E-state index is -1.17. The number of hydrogen-bond donors (Lipinski definition) is 4. The van der Waals surface area contributed by atoms with Crippen molar-refractivity contribution < 1.29 is 58.1 Å². The smallest absolute Gasteiger partial charge is 0.364 e. The van der Waals surface area contributed by atoms with Crippen molar-refractivity contribution in [3.63, 3.8) is 0 Å². The van der Waals surface area contributed by atoms with Crippen LogP contribution in [0.15, 0.2) is 121 Å². The summed E-state index contributed by atoms with van der Waals surface area (Å²) in [6, 6.07) is 38.7. The lowest BCUT2D eigenvalue weighted by Gasteiger charge is -2.17. The number of nitrogens with zero attached hydrogens (tertiary/aromatic N) is 8. The number of aryl methyl sites for hydroxylation is 8. The standard InChI is InChI=1S/C23H25N3O4.C21H21N3O4.C13H13N3O3.C10H12O/c1-3-29-23(27)21-22(30-20-13-10-17-6-4-5-7-18(17)14-20)26(25-24-21)15-16-8-11-19(28-2)12-9-16;1-27-17-9-6-14(7-10-17)13-24-20(19(21(25)26)22-23-24)28-18-11-8-15-4-2-3-5-16(15)12-18;17-13(18)11-12(15-16-14-11)19-10-6-5-8-3-1-2-4-9(8)7-10;11-10-6-5-8-3-1-2-4-9(8)7-10/h8-14H,3-7,15H2,1-2H3;6-12H,2-5,13H2,1H3,(H,25,26);5-7H,1-4H2,(H,17,18)(H,14,15,16);5-7,11H,1-4H2.